The lowest BCUT2D eigenvalue weighted by Gasteiger charge is -2.44. The minimum atomic E-state index is 0.797. The van der Waals surface area contributed by atoms with Crippen LogP contribution in [0.15, 0.2) is 12.4 Å². The molecule has 2 aromatic rings. The highest BCUT2D eigenvalue weighted by molar-refractivity contribution is 5.89. The second-order valence-electron chi connectivity index (χ2n) is 7.72. The maximum absolute atomic E-state index is 4.55. The van der Waals surface area contributed by atoms with Crippen molar-refractivity contribution in [1.82, 2.24) is 19.9 Å². The summed E-state index contributed by atoms with van der Waals surface area (Å²) in [5, 5.41) is 4.65. The number of pyridine rings is 1. The average molecular weight is 339 g/mol. The van der Waals surface area contributed by atoms with Gasteiger partial charge in [0.05, 0.1) is 5.39 Å². The molecule has 2 aromatic heterocycles. The molecule has 5 heteroatoms. The predicted octanol–water partition coefficient (Wildman–Crippen LogP) is 3.71. The average Bonchev–Trinajstić information content (AvgIpc) is 2.61. The number of nitrogens with one attached hydrogen (secondary N) is 1. The number of aromatic nitrogens is 3. The molecule has 0 aromatic carbocycles. The zero-order valence-corrected chi connectivity index (χ0v) is 15.5. The number of aryl methyl sites for hydroxylation is 2. The van der Waals surface area contributed by atoms with E-state index >= 15 is 0 Å². The van der Waals surface area contributed by atoms with E-state index in [2.05, 4.69) is 38.2 Å². The molecule has 5 nitrogen and oxygen atoms in total. The van der Waals surface area contributed by atoms with Crippen LogP contribution < -0.4 is 5.32 Å². The van der Waals surface area contributed by atoms with Gasteiger partial charge in [-0.3, -0.25) is 0 Å². The van der Waals surface area contributed by atoms with Crippen molar-refractivity contribution in [2.45, 2.75) is 58.4 Å². The topological polar surface area (TPSA) is 53.9 Å². The van der Waals surface area contributed by atoms with E-state index in [9.17, 15) is 0 Å². The second kappa shape index (κ2) is 7.24. The van der Waals surface area contributed by atoms with Gasteiger partial charge in [0, 0.05) is 18.3 Å². The molecule has 4 heterocycles. The van der Waals surface area contributed by atoms with Crippen molar-refractivity contribution in [3.63, 3.8) is 0 Å². The molecule has 0 saturated carbocycles. The van der Waals surface area contributed by atoms with Crippen molar-refractivity contribution >= 4 is 16.9 Å². The molecular formula is C20H29N5. The molecule has 0 bridgehead atoms. The third kappa shape index (κ3) is 3.47. The Kier molecular flexibility index (Phi) is 4.84. The van der Waals surface area contributed by atoms with Crippen molar-refractivity contribution in [1.29, 1.82) is 0 Å². The number of nitrogens with zero attached hydrogens (tertiary/aromatic N) is 4. The van der Waals surface area contributed by atoms with Crippen molar-refractivity contribution in [3.05, 3.63) is 23.7 Å². The summed E-state index contributed by atoms with van der Waals surface area (Å²) in [6, 6.07) is 2.93. The van der Waals surface area contributed by atoms with Gasteiger partial charge in [0.15, 0.2) is 5.65 Å². The monoisotopic (exact) mass is 339 g/mol. The van der Waals surface area contributed by atoms with Crippen LogP contribution in [0.5, 0.6) is 0 Å². The molecule has 0 amide bonds. The highest BCUT2D eigenvalue weighted by atomic mass is 15.2. The Labute approximate surface area is 150 Å². The molecule has 2 fully saturated rings. The third-order valence-corrected chi connectivity index (χ3v) is 5.97. The van der Waals surface area contributed by atoms with Crippen LogP contribution in [0, 0.1) is 19.8 Å². The zero-order valence-electron chi connectivity index (χ0n) is 15.5. The van der Waals surface area contributed by atoms with Gasteiger partial charge in [-0.15, -0.1) is 0 Å². The number of hydrogen-bond donors (Lipinski definition) is 1. The first-order valence-electron chi connectivity index (χ1n) is 9.79. The van der Waals surface area contributed by atoms with E-state index < -0.39 is 0 Å². The van der Waals surface area contributed by atoms with Crippen LogP contribution in [0.2, 0.25) is 0 Å². The Balaban J connectivity index is 1.44. The number of fused-ring (bicyclic) bond motifs is 2. The van der Waals surface area contributed by atoms with Crippen LogP contribution in [0.1, 0.15) is 49.8 Å². The van der Waals surface area contributed by atoms with Crippen LogP contribution >= 0.6 is 0 Å². The highest BCUT2D eigenvalue weighted by Crippen LogP contribution is 2.33. The van der Waals surface area contributed by atoms with Crippen LogP contribution in [0.4, 0.5) is 5.82 Å². The highest BCUT2D eigenvalue weighted by Gasteiger charge is 2.32. The fourth-order valence-electron chi connectivity index (χ4n) is 4.83. The van der Waals surface area contributed by atoms with Gasteiger partial charge < -0.3 is 10.2 Å². The number of hydrogen-bond acceptors (Lipinski definition) is 5. The molecule has 4 rings (SSSR count). The summed E-state index contributed by atoms with van der Waals surface area (Å²) in [5.41, 5.74) is 3.00. The third-order valence-electron chi connectivity index (χ3n) is 5.97. The fourth-order valence-corrected chi connectivity index (χ4v) is 4.83. The molecular weight excluding hydrogens is 310 g/mol. The van der Waals surface area contributed by atoms with E-state index in [0.717, 1.165) is 41.0 Å². The Morgan fingerprint density at radius 2 is 2.00 bits per heavy atom. The van der Waals surface area contributed by atoms with Gasteiger partial charge in [-0.2, -0.15) is 0 Å². The fraction of sp³-hybridized carbons (Fsp3) is 0.650. The zero-order chi connectivity index (χ0) is 17.2. The van der Waals surface area contributed by atoms with Crippen molar-refractivity contribution in [3.8, 4) is 0 Å². The summed E-state index contributed by atoms with van der Waals surface area (Å²) in [6.07, 6.45) is 9.79. The SMILES string of the molecule is Cc1cc(C)c2c(NCC[C@@H]3CCCN4CCCC[C@H]34)ncnc2n1. The molecule has 25 heavy (non-hydrogen) atoms. The molecule has 2 saturated heterocycles. The van der Waals surface area contributed by atoms with Crippen LogP contribution in [-0.4, -0.2) is 45.5 Å². The van der Waals surface area contributed by atoms with Gasteiger partial charge in [-0.25, -0.2) is 15.0 Å². The molecule has 0 radical (unpaired) electrons. The van der Waals surface area contributed by atoms with Gasteiger partial charge >= 0.3 is 0 Å². The van der Waals surface area contributed by atoms with E-state index in [1.807, 2.05) is 6.92 Å². The first-order chi connectivity index (χ1) is 12.2. The van der Waals surface area contributed by atoms with Gasteiger partial charge in [0.2, 0.25) is 0 Å². The van der Waals surface area contributed by atoms with Gasteiger partial charge in [-0.1, -0.05) is 6.42 Å². The summed E-state index contributed by atoms with van der Waals surface area (Å²) in [4.78, 5) is 16.1. The van der Waals surface area contributed by atoms with Crippen molar-refractivity contribution in [2.24, 2.45) is 5.92 Å². The minimum Gasteiger partial charge on any atom is -0.369 e. The second-order valence-corrected chi connectivity index (χ2v) is 7.72. The summed E-state index contributed by atoms with van der Waals surface area (Å²) in [7, 11) is 0. The van der Waals surface area contributed by atoms with E-state index in [0.29, 0.717) is 0 Å². The number of rotatable bonds is 4. The molecule has 1 N–H and O–H groups in total. The van der Waals surface area contributed by atoms with E-state index in [-0.39, 0.29) is 0 Å². The normalized spacial score (nSPS) is 24.2. The Hall–Kier alpha value is -1.75. The largest absolute Gasteiger partial charge is 0.369 e. The van der Waals surface area contributed by atoms with Crippen LogP contribution in [0.3, 0.4) is 0 Å². The molecule has 2 atom stereocenters. The van der Waals surface area contributed by atoms with Gasteiger partial charge in [0.1, 0.15) is 12.1 Å². The molecule has 0 spiro atoms. The van der Waals surface area contributed by atoms with Gasteiger partial charge in [0.25, 0.3) is 0 Å². The summed E-state index contributed by atoms with van der Waals surface area (Å²) in [6.45, 7) is 7.74. The quantitative estimate of drug-likeness (QED) is 0.920. The molecule has 0 unspecified atom stereocenters. The number of anilines is 1. The first kappa shape index (κ1) is 16.7. The van der Waals surface area contributed by atoms with E-state index in [1.165, 1.54) is 57.2 Å². The lowest BCUT2D eigenvalue weighted by molar-refractivity contribution is 0.0573. The molecule has 0 aliphatic carbocycles. The summed E-state index contributed by atoms with van der Waals surface area (Å²) in [5.74, 6) is 1.77. The van der Waals surface area contributed by atoms with Gasteiger partial charge in [-0.05, 0) is 76.6 Å². The molecule has 134 valence electrons. The van der Waals surface area contributed by atoms with Crippen molar-refractivity contribution in [2.75, 3.05) is 25.0 Å². The summed E-state index contributed by atoms with van der Waals surface area (Å²) < 4.78 is 0. The minimum absolute atomic E-state index is 0.797. The predicted molar refractivity (Wildman–Crippen MR) is 102 cm³/mol. The Morgan fingerprint density at radius 3 is 2.92 bits per heavy atom. The molecule has 2 aliphatic rings. The maximum Gasteiger partial charge on any atom is 0.165 e. The molecule has 2 aliphatic heterocycles. The lowest BCUT2D eigenvalue weighted by atomic mass is 9.82. The van der Waals surface area contributed by atoms with E-state index in [4.69, 9.17) is 0 Å². The Morgan fingerprint density at radius 1 is 1.12 bits per heavy atom. The lowest BCUT2D eigenvalue weighted by Crippen LogP contribution is -2.48. The van der Waals surface area contributed by atoms with Crippen LogP contribution in [-0.2, 0) is 0 Å². The maximum atomic E-state index is 4.55. The standard InChI is InChI=1S/C20H29N5/c1-14-12-15(2)24-20-18(14)19(22-13-23-20)21-9-8-16-6-5-11-25-10-4-3-7-17(16)25/h12-13,16-17H,3-11H2,1-2H3,(H,21,22,23,24)/t16-,17+/m0/s1. The first-order valence-corrected chi connectivity index (χ1v) is 9.79. The van der Waals surface area contributed by atoms with E-state index in [1.54, 1.807) is 6.33 Å². The summed E-state index contributed by atoms with van der Waals surface area (Å²) >= 11 is 0. The van der Waals surface area contributed by atoms with Crippen molar-refractivity contribution < 1.29 is 0 Å². The Bertz CT molecular complexity index is 742. The number of piperidine rings is 2. The van der Waals surface area contributed by atoms with Crippen LogP contribution in [0.25, 0.3) is 11.0 Å². The smallest absolute Gasteiger partial charge is 0.165 e.